The predicted molar refractivity (Wildman–Crippen MR) is 220 cm³/mol. The van der Waals surface area contributed by atoms with Crippen LogP contribution in [0.2, 0.25) is 0 Å². The fourth-order valence-electron chi connectivity index (χ4n) is 5.99. The zero-order chi connectivity index (χ0) is 41.1. The number of rotatable bonds is 35. The van der Waals surface area contributed by atoms with Crippen molar-refractivity contribution in [1.82, 2.24) is 0 Å². The first-order valence-electron chi connectivity index (χ1n) is 21.0. The third-order valence-corrected chi connectivity index (χ3v) is 9.62. The van der Waals surface area contributed by atoms with Crippen molar-refractivity contribution in [2.45, 2.75) is 179 Å². The van der Waals surface area contributed by atoms with Gasteiger partial charge in [0.25, 0.3) is 0 Å². The van der Waals surface area contributed by atoms with Gasteiger partial charge >= 0.3 is 16.4 Å². The molecule has 0 aromatic rings. The molecule has 0 amide bonds. The van der Waals surface area contributed by atoms with Crippen LogP contribution in [0.1, 0.15) is 142 Å². The van der Waals surface area contributed by atoms with Crippen LogP contribution in [0.3, 0.4) is 0 Å². The molecule has 56 heavy (non-hydrogen) atoms. The minimum atomic E-state index is -5.06. The van der Waals surface area contributed by atoms with Crippen molar-refractivity contribution in [2.24, 2.45) is 0 Å². The minimum Gasteiger partial charge on any atom is -0.457 e. The number of carbonyl (C=O) groups is 1. The van der Waals surface area contributed by atoms with E-state index >= 15 is 0 Å². The number of allylic oxidation sites excluding steroid dienone is 10. The van der Waals surface area contributed by atoms with Gasteiger partial charge in [-0.25, -0.2) is 4.18 Å². The van der Waals surface area contributed by atoms with E-state index in [0.29, 0.717) is 13.0 Å². The van der Waals surface area contributed by atoms with Crippen LogP contribution in [-0.2, 0) is 38.3 Å². The minimum absolute atomic E-state index is 0.0236. The Balaban J connectivity index is 2.37. The Hall–Kier alpha value is -2.20. The number of ether oxygens (including phenoxy) is 4. The molecule has 6 unspecified atom stereocenters. The Morgan fingerprint density at radius 3 is 1.80 bits per heavy atom. The molecular weight excluding hydrogens is 741 g/mol. The first-order chi connectivity index (χ1) is 27.1. The highest BCUT2D eigenvalue weighted by molar-refractivity contribution is 7.80. The lowest BCUT2D eigenvalue weighted by Gasteiger charge is -2.41. The molecule has 4 N–H and O–H groups in total. The van der Waals surface area contributed by atoms with E-state index < -0.39 is 59.8 Å². The third kappa shape index (κ3) is 28.2. The molecule has 0 bridgehead atoms. The first-order valence-corrected chi connectivity index (χ1v) is 22.4. The van der Waals surface area contributed by atoms with Crippen LogP contribution in [0.5, 0.6) is 0 Å². The lowest BCUT2D eigenvalue weighted by atomic mass is 9.99. The van der Waals surface area contributed by atoms with Gasteiger partial charge < -0.3 is 34.3 Å². The lowest BCUT2D eigenvalue weighted by molar-refractivity contribution is -0.301. The van der Waals surface area contributed by atoms with Crippen molar-refractivity contribution in [3.63, 3.8) is 0 Å². The van der Waals surface area contributed by atoms with Crippen LogP contribution in [0, 0.1) is 0 Å². The Kier molecular flexibility index (Phi) is 32.2. The highest BCUT2D eigenvalue weighted by Gasteiger charge is 2.48. The van der Waals surface area contributed by atoms with Crippen molar-refractivity contribution in [2.75, 3.05) is 26.4 Å². The van der Waals surface area contributed by atoms with Gasteiger partial charge in [0.15, 0.2) is 6.29 Å². The normalized spacial score (nSPS) is 21.4. The maximum atomic E-state index is 12.7. The molecule has 0 aromatic heterocycles. The highest BCUT2D eigenvalue weighted by atomic mass is 32.3. The zero-order valence-corrected chi connectivity index (χ0v) is 35.0. The summed E-state index contributed by atoms with van der Waals surface area (Å²) in [7, 11) is -5.06. The van der Waals surface area contributed by atoms with Gasteiger partial charge in [0, 0.05) is 13.0 Å². The lowest BCUT2D eigenvalue weighted by Crippen LogP contribution is -2.60. The van der Waals surface area contributed by atoms with Crippen LogP contribution < -0.4 is 0 Å². The standard InChI is InChI=1S/C43H74O12S/c1-3-5-7-9-11-12-13-14-15-16-17-18-19-20-21-22-23-24-25-27-29-31-33-51-35-37(53-39(45)32-30-28-26-10-8-6-4-2)36-52-43-41(47)42(55-56(48,49)50)40(46)38(34-44)54-43/h5,7,11-12,14-15,17-18,20-21,37-38,40-44,46-47H,3-4,6,8-10,13,16,19,22-36H2,1-2H3,(H,48,49,50)/b7-5-,12-11-,15-14-,18-17-,21-20-. The van der Waals surface area contributed by atoms with Crippen LogP contribution in [-0.4, -0.2) is 97.5 Å². The summed E-state index contributed by atoms with van der Waals surface area (Å²) in [6, 6.07) is 0. The molecule has 12 nitrogen and oxygen atoms in total. The van der Waals surface area contributed by atoms with E-state index in [9.17, 15) is 28.5 Å². The fraction of sp³-hybridized carbons (Fsp3) is 0.744. The molecule has 1 heterocycles. The van der Waals surface area contributed by atoms with Crippen LogP contribution >= 0.6 is 0 Å². The summed E-state index contributed by atoms with van der Waals surface area (Å²) >= 11 is 0. The molecule has 324 valence electrons. The van der Waals surface area contributed by atoms with Gasteiger partial charge in [-0.1, -0.05) is 139 Å². The van der Waals surface area contributed by atoms with Crippen molar-refractivity contribution in [3.05, 3.63) is 60.8 Å². The smallest absolute Gasteiger partial charge is 0.397 e. The van der Waals surface area contributed by atoms with Crippen LogP contribution in [0.25, 0.3) is 0 Å². The van der Waals surface area contributed by atoms with E-state index in [1.165, 1.54) is 25.7 Å². The molecule has 0 aromatic carbocycles. The number of aliphatic hydroxyl groups is 3. The van der Waals surface area contributed by atoms with E-state index in [1.54, 1.807) is 0 Å². The molecule has 0 aliphatic carbocycles. The maximum absolute atomic E-state index is 12.7. The summed E-state index contributed by atoms with van der Waals surface area (Å²) in [4.78, 5) is 12.7. The summed E-state index contributed by atoms with van der Waals surface area (Å²) in [5.41, 5.74) is 0. The summed E-state index contributed by atoms with van der Waals surface area (Å²) in [6.07, 6.45) is 32.9. The molecule has 0 spiro atoms. The first kappa shape index (κ1) is 51.8. The second kappa shape index (κ2) is 34.8. The van der Waals surface area contributed by atoms with E-state index in [1.807, 2.05) is 0 Å². The monoisotopic (exact) mass is 814 g/mol. The number of hydrogen-bond donors (Lipinski definition) is 4. The number of hydrogen-bond acceptors (Lipinski definition) is 11. The SMILES string of the molecule is CC/C=C\C/C=C\C/C=C\C/C=C\C/C=C\CCCCCCCCOCC(COC1OC(CO)C(O)C(OS(=O)(=O)O)C1O)OC(=O)CCCCCCCCC. The number of carbonyl (C=O) groups excluding carboxylic acids is 1. The van der Waals surface area contributed by atoms with Crippen molar-refractivity contribution >= 4 is 16.4 Å². The summed E-state index contributed by atoms with van der Waals surface area (Å²) in [5.74, 6) is -0.415. The Morgan fingerprint density at radius 2 is 1.23 bits per heavy atom. The van der Waals surface area contributed by atoms with Gasteiger partial charge in [-0.2, -0.15) is 8.42 Å². The third-order valence-electron chi connectivity index (χ3n) is 9.15. The maximum Gasteiger partial charge on any atom is 0.397 e. The molecule has 0 saturated carbocycles. The summed E-state index contributed by atoms with van der Waals surface area (Å²) in [6.45, 7) is 3.76. The summed E-state index contributed by atoms with van der Waals surface area (Å²) < 4.78 is 58.7. The average molecular weight is 815 g/mol. The summed E-state index contributed by atoms with van der Waals surface area (Å²) in [5, 5.41) is 30.5. The van der Waals surface area contributed by atoms with Gasteiger partial charge in [-0.3, -0.25) is 9.35 Å². The molecule has 1 aliphatic heterocycles. The van der Waals surface area contributed by atoms with Gasteiger partial charge in [0.2, 0.25) is 0 Å². The van der Waals surface area contributed by atoms with E-state index in [0.717, 1.165) is 89.9 Å². The molecule has 0 radical (unpaired) electrons. The molecule has 1 aliphatic rings. The molecule has 1 rings (SSSR count). The second-order valence-electron chi connectivity index (χ2n) is 14.2. The molecule has 6 atom stereocenters. The Morgan fingerprint density at radius 1 is 0.696 bits per heavy atom. The van der Waals surface area contributed by atoms with Gasteiger partial charge in [0.05, 0.1) is 19.8 Å². The zero-order valence-electron chi connectivity index (χ0n) is 34.2. The van der Waals surface area contributed by atoms with E-state index in [-0.39, 0.29) is 19.6 Å². The van der Waals surface area contributed by atoms with Crippen molar-refractivity contribution in [1.29, 1.82) is 0 Å². The average Bonchev–Trinajstić information content (AvgIpc) is 3.16. The molecule has 13 heteroatoms. The Labute approximate surface area is 338 Å². The van der Waals surface area contributed by atoms with Crippen LogP contribution in [0.4, 0.5) is 0 Å². The van der Waals surface area contributed by atoms with Gasteiger partial charge in [-0.05, 0) is 57.8 Å². The quantitative estimate of drug-likeness (QED) is 0.0209. The number of unbranched alkanes of at least 4 members (excludes halogenated alkanes) is 12. The Bertz CT molecular complexity index is 1220. The highest BCUT2D eigenvalue weighted by Crippen LogP contribution is 2.26. The van der Waals surface area contributed by atoms with Crippen LogP contribution in [0.15, 0.2) is 60.8 Å². The van der Waals surface area contributed by atoms with Crippen molar-refractivity contribution in [3.8, 4) is 0 Å². The largest absolute Gasteiger partial charge is 0.457 e. The number of esters is 1. The predicted octanol–water partition coefficient (Wildman–Crippen LogP) is 8.18. The van der Waals surface area contributed by atoms with Gasteiger partial charge in [-0.15, -0.1) is 0 Å². The van der Waals surface area contributed by atoms with E-state index in [2.05, 4.69) is 78.8 Å². The van der Waals surface area contributed by atoms with Crippen molar-refractivity contribution < 1.29 is 56.2 Å². The van der Waals surface area contributed by atoms with Gasteiger partial charge in [0.1, 0.15) is 30.5 Å². The molecule has 1 saturated heterocycles. The van der Waals surface area contributed by atoms with E-state index in [4.69, 9.17) is 23.5 Å². The molecular formula is C43H74O12S. The topological polar surface area (TPSA) is 178 Å². The second-order valence-corrected chi connectivity index (χ2v) is 15.3. The number of aliphatic hydroxyl groups excluding tert-OH is 3. The fourth-order valence-corrected chi connectivity index (χ4v) is 6.50. The molecule has 1 fully saturated rings.